The molecule has 86 valence electrons. The third-order valence-electron chi connectivity index (χ3n) is 1.87. The highest BCUT2D eigenvalue weighted by Gasteiger charge is 2.18. The van der Waals surface area contributed by atoms with Crippen LogP contribution in [0.3, 0.4) is 0 Å². The predicted octanol–water partition coefficient (Wildman–Crippen LogP) is 0.130. The monoisotopic (exact) mass is 214 g/mol. The smallest absolute Gasteiger partial charge is 0.327 e. The van der Waals surface area contributed by atoms with Gasteiger partial charge in [-0.2, -0.15) is 0 Å². The Balaban J connectivity index is 4.01. The summed E-state index contributed by atoms with van der Waals surface area (Å²) in [5.41, 5.74) is 0. The topological polar surface area (TPSA) is 78.4 Å². The first-order valence-corrected chi connectivity index (χ1v) is 4.81. The molecule has 0 aromatic heterocycles. The molecule has 0 radical (unpaired) electrons. The molecule has 2 atom stereocenters. The second kappa shape index (κ2) is 7.00. The average molecular weight is 214 g/mol. The predicted molar refractivity (Wildman–Crippen MR) is 57.5 cm³/mol. The van der Waals surface area contributed by atoms with E-state index in [1.165, 1.54) is 6.92 Å². The van der Waals surface area contributed by atoms with Crippen molar-refractivity contribution in [1.29, 1.82) is 0 Å². The molecule has 0 aliphatic heterocycles. The number of carboxylic acids is 1. The minimum Gasteiger partial charge on any atom is -0.480 e. The molecule has 1 amide bonds. The van der Waals surface area contributed by atoms with Gasteiger partial charge >= 0.3 is 5.97 Å². The fourth-order valence-corrected chi connectivity index (χ4v) is 1.10. The van der Waals surface area contributed by atoms with Crippen LogP contribution in [-0.4, -0.2) is 35.6 Å². The molecule has 0 saturated carbocycles. The van der Waals surface area contributed by atoms with Gasteiger partial charge in [0.25, 0.3) is 0 Å². The molecule has 2 unspecified atom stereocenters. The second-order valence-electron chi connectivity index (χ2n) is 3.43. The van der Waals surface area contributed by atoms with E-state index in [1.54, 1.807) is 6.08 Å². The van der Waals surface area contributed by atoms with Crippen LogP contribution >= 0.6 is 0 Å². The number of hydrogen-bond donors (Lipinski definition) is 3. The number of hydrogen-bond acceptors (Lipinski definition) is 3. The average Bonchev–Trinajstić information content (AvgIpc) is 2.11. The maximum Gasteiger partial charge on any atom is 0.327 e. The summed E-state index contributed by atoms with van der Waals surface area (Å²) in [5, 5.41) is 14.1. The van der Waals surface area contributed by atoms with Crippen LogP contribution < -0.4 is 10.6 Å². The molecule has 15 heavy (non-hydrogen) atoms. The van der Waals surface area contributed by atoms with Gasteiger partial charge in [-0.15, -0.1) is 6.58 Å². The fraction of sp³-hybridized carbons (Fsp3) is 0.600. The quantitative estimate of drug-likeness (QED) is 0.526. The van der Waals surface area contributed by atoms with Gasteiger partial charge in [0.2, 0.25) is 5.91 Å². The van der Waals surface area contributed by atoms with Gasteiger partial charge in [0, 0.05) is 19.5 Å². The lowest BCUT2D eigenvalue weighted by Crippen LogP contribution is -2.48. The number of aliphatic carboxylic acids is 1. The van der Waals surface area contributed by atoms with Crippen molar-refractivity contribution >= 4 is 11.9 Å². The third-order valence-corrected chi connectivity index (χ3v) is 1.87. The number of carbonyl (C=O) groups excluding carboxylic acids is 1. The van der Waals surface area contributed by atoms with E-state index < -0.39 is 12.0 Å². The zero-order valence-corrected chi connectivity index (χ0v) is 9.12. The van der Waals surface area contributed by atoms with Crippen molar-refractivity contribution in [3.05, 3.63) is 12.7 Å². The van der Waals surface area contributed by atoms with E-state index in [2.05, 4.69) is 17.2 Å². The highest BCUT2D eigenvalue weighted by Crippen LogP contribution is 1.91. The first kappa shape index (κ1) is 13.6. The zero-order chi connectivity index (χ0) is 11.8. The summed E-state index contributed by atoms with van der Waals surface area (Å²) in [7, 11) is 0. The van der Waals surface area contributed by atoms with E-state index in [0.29, 0.717) is 0 Å². The molecule has 0 heterocycles. The highest BCUT2D eigenvalue weighted by molar-refractivity contribution is 5.82. The van der Waals surface area contributed by atoms with Gasteiger partial charge < -0.3 is 15.7 Å². The van der Waals surface area contributed by atoms with E-state index in [1.807, 2.05) is 6.92 Å². The van der Waals surface area contributed by atoms with E-state index in [9.17, 15) is 9.59 Å². The Hall–Kier alpha value is -1.36. The molecular formula is C10H18N2O3. The van der Waals surface area contributed by atoms with Gasteiger partial charge in [-0.05, 0) is 13.3 Å². The molecule has 0 aromatic rings. The SMILES string of the molecule is C=CCC(C)NCC(NC(C)=O)C(=O)O. The molecule has 5 heteroatoms. The molecule has 0 aliphatic rings. The van der Waals surface area contributed by atoms with Crippen LogP contribution in [0.4, 0.5) is 0 Å². The number of carboxylic acid groups (broad SMARTS) is 1. The number of carbonyl (C=O) groups is 2. The lowest BCUT2D eigenvalue weighted by Gasteiger charge is -2.17. The summed E-state index contributed by atoms with van der Waals surface area (Å²) in [4.78, 5) is 21.4. The summed E-state index contributed by atoms with van der Waals surface area (Å²) in [6, 6.07) is -0.729. The summed E-state index contributed by atoms with van der Waals surface area (Å²) < 4.78 is 0. The Kier molecular flexibility index (Phi) is 6.37. The molecule has 0 aliphatic carbocycles. The molecule has 0 saturated heterocycles. The Labute approximate surface area is 89.6 Å². The van der Waals surface area contributed by atoms with Gasteiger partial charge in [-0.25, -0.2) is 4.79 Å². The molecule has 0 bridgehead atoms. The molecular weight excluding hydrogens is 196 g/mol. The van der Waals surface area contributed by atoms with Crippen molar-refractivity contribution in [2.45, 2.75) is 32.4 Å². The Morgan fingerprint density at radius 1 is 1.53 bits per heavy atom. The first-order chi connectivity index (χ1) is 6.97. The molecule has 0 fully saturated rings. The Morgan fingerprint density at radius 3 is 2.53 bits per heavy atom. The van der Waals surface area contributed by atoms with Crippen LogP contribution in [0.2, 0.25) is 0 Å². The van der Waals surface area contributed by atoms with Crippen molar-refractivity contribution in [3.8, 4) is 0 Å². The van der Waals surface area contributed by atoms with Gasteiger partial charge in [0.05, 0.1) is 0 Å². The maximum absolute atomic E-state index is 10.7. The Morgan fingerprint density at radius 2 is 2.13 bits per heavy atom. The summed E-state index contributed by atoms with van der Waals surface area (Å²) in [5.74, 6) is -1.39. The van der Waals surface area contributed by atoms with Crippen molar-refractivity contribution in [3.63, 3.8) is 0 Å². The normalized spacial score (nSPS) is 14.0. The van der Waals surface area contributed by atoms with Crippen molar-refractivity contribution < 1.29 is 14.7 Å². The fourth-order valence-electron chi connectivity index (χ4n) is 1.10. The third kappa shape index (κ3) is 6.68. The standard InChI is InChI=1S/C10H18N2O3/c1-4-5-7(2)11-6-9(10(14)15)12-8(3)13/h4,7,9,11H,1,5-6H2,2-3H3,(H,12,13)(H,14,15). The lowest BCUT2D eigenvalue weighted by molar-refractivity contribution is -0.141. The molecule has 0 aromatic carbocycles. The van der Waals surface area contributed by atoms with Crippen LogP contribution in [-0.2, 0) is 9.59 Å². The maximum atomic E-state index is 10.7. The van der Waals surface area contributed by atoms with E-state index in [-0.39, 0.29) is 18.5 Å². The molecule has 3 N–H and O–H groups in total. The van der Waals surface area contributed by atoms with Crippen molar-refractivity contribution in [2.75, 3.05) is 6.54 Å². The number of amides is 1. The minimum absolute atomic E-state index is 0.151. The number of rotatable bonds is 7. The van der Waals surface area contributed by atoms with Crippen LogP contribution in [0, 0.1) is 0 Å². The summed E-state index contributed by atoms with van der Waals surface area (Å²) in [6.07, 6.45) is 2.51. The van der Waals surface area contributed by atoms with E-state index in [0.717, 1.165) is 6.42 Å². The largest absolute Gasteiger partial charge is 0.480 e. The molecule has 0 spiro atoms. The van der Waals surface area contributed by atoms with Crippen LogP contribution in [0.1, 0.15) is 20.3 Å². The molecule has 5 nitrogen and oxygen atoms in total. The van der Waals surface area contributed by atoms with E-state index >= 15 is 0 Å². The summed E-state index contributed by atoms with van der Waals surface area (Å²) >= 11 is 0. The second-order valence-corrected chi connectivity index (χ2v) is 3.43. The van der Waals surface area contributed by atoms with Gasteiger partial charge in [0.15, 0.2) is 0 Å². The van der Waals surface area contributed by atoms with Crippen LogP contribution in [0.25, 0.3) is 0 Å². The van der Waals surface area contributed by atoms with E-state index in [4.69, 9.17) is 5.11 Å². The zero-order valence-electron chi connectivity index (χ0n) is 9.12. The minimum atomic E-state index is -1.04. The van der Waals surface area contributed by atoms with Crippen LogP contribution in [0.15, 0.2) is 12.7 Å². The highest BCUT2D eigenvalue weighted by atomic mass is 16.4. The molecule has 0 rings (SSSR count). The van der Waals surface area contributed by atoms with Gasteiger partial charge in [0.1, 0.15) is 6.04 Å². The van der Waals surface area contributed by atoms with Crippen LogP contribution in [0.5, 0.6) is 0 Å². The van der Waals surface area contributed by atoms with Crippen molar-refractivity contribution in [1.82, 2.24) is 10.6 Å². The van der Waals surface area contributed by atoms with Crippen molar-refractivity contribution in [2.24, 2.45) is 0 Å². The first-order valence-electron chi connectivity index (χ1n) is 4.81. The number of nitrogens with one attached hydrogen (secondary N) is 2. The lowest BCUT2D eigenvalue weighted by atomic mass is 10.2. The van der Waals surface area contributed by atoms with Gasteiger partial charge in [-0.1, -0.05) is 6.08 Å². The summed E-state index contributed by atoms with van der Waals surface area (Å²) in [6.45, 7) is 7.02. The van der Waals surface area contributed by atoms with Gasteiger partial charge in [-0.3, -0.25) is 4.79 Å². The Bertz CT molecular complexity index is 241.